The summed E-state index contributed by atoms with van der Waals surface area (Å²) in [5.74, 6) is 1.39. The lowest BCUT2D eigenvalue weighted by molar-refractivity contribution is 0.768. The van der Waals surface area contributed by atoms with Crippen molar-refractivity contribution >= 4 is 15.9 Å². The summed E-state index contributed by atoms with van der Waals surface area (Å²) in [7, 11) is 0. The van der Waals surface area contributed by atoms with Crippen molar-refractivity contribution in [3.05, 3.63) is 24.3 Å². The molecule has 0 heterocycles. The summed E-state index contributed by atoms with van der Waals surface area (Å²) in [6, 6.07) is 0. The fourth-order valence-electron chi connectivity index (χ4n) is 1.32. The molecule has 2 rings (SSSR count). The van der Waals surface area contributed by atoms with Crippen molar-refractivity contribution in [2.75, 3.05) is 0 Å². The Balaban J connectivity index is 2.34. The van der Waals surface area contributed by atoms with Gasteiger partial charge >= 0.3 is 0 Å². The number of rotatable bonds is 0. The van der Waals surface area contributed by atoms with E-state index < -0.39 is 0 Å². The summed E-state index contributed by atoms with van der Waals surface area (Å²) in [6.07, 6.45) is 9.07. The molecular weight excluding hydrogens is 164 g/mol. The third kappa shape index (κ3) is 0.455. The van der Waals surface area contributed by atoms with Crippen LogP contribution < -0.4 is 0 Å². The van der Waals surface area contributed by atoms with Crippen molar-refractivity contribution in [3.63, 3.8) is 0 Å². The molecule has 0 N–H and O–H groups in total. The number of fused-ring (bicyclic) bond motifs is 2. The molecule has 0 nitrogen and oxygen atoms in total. The largest absolute Gasteiger partial charge is 0.0871 e. The van der Waals surface area contributed by atoms with Gasteiger partial charge < -0.3 is 0 Å². The first-order chi connectivity index (χ1) is 3.88. The van der Waals surface area contributed by atoms with Gasteiger partial charge in [0.05, 0.1) is 0 Å². The predicted molar refractivity (Wildman–Crippen MR) is 38.0 cm³/mol. The minimum absolute atomic E-state index is 0.683. The van der Waals surface area contributed by atoms with Crippen molar-refractivity contribution in [3.8, 4) is 0 Å². The Morgan fingerprint density at radius 3 is 1.38 bits per heavy atom. The molecule has 2 aliphatic rings. The molecule has 0 fully saturated rings. The van der Waals surface area contributed by atoms with Crippen molar-refractivity contribution in [1.82, 2.24) is 0 Å². The fourth-order valence-corrected chi connectivity index (χ4v) is 2.03. The van der Waals surface area contributed by atoms with E-state index in [0.717, 1.165) is 0 Å². The van der Waals surface area contributed by atoms with E-state index in [1.54, 1.807) is 0 Å². The summed E-state index contributed by atoms with van der Waals surface area (Å²) >= 11 is 3.61. The van der Waals surface area contributed by atoms with Crippen LogP contribution in [0.2, 0.25) is 0 Å². The summed E-state index contributed by atoms with van der Waals surface area (Å²) in [5.41, 5.74) is 0. The van der Waals surface area contributed by atoms with Crippen LogP contribution in [0.4, 0.5) is 0 Å². The fraction of sp³-hybridized carbons (Fsp3) is 0.429. The molecular formula is C7H7Br. The highest BCUT2D eigenvalue weighted by Gasteiger charge is 2.30. The van der Waals surface area contributed by atoms with Gasteiger partial charge in [0.25, 0.3) is 0 Å². The SMILES string of the molecule is BrC1C2C=CC1C=C2. The van der Waals surface area contributed by atoms with Gasteiger partial charge in [-0.25, -0.2) is 0 Å². The van der Waals surface area contributed by atoms with Crippen LogP contribution in [-0.2, 0) is 0 Å². The zero-order chi connectivity index (χ0) is 5.56. The van der Waals surface area contributed by atoms with Gasteiger partial charge in [-0.2, -0.15) is 0 Å². The van der Waals surface area contributed by atoms with E-state index in [-0.39, 0.29) is 0 Å². The maximum absolute atomic E-state index is 3.61. The molecule has 1 heteroatoms. The van der Waals surface area contributed by atoms with Crippen LogP contribution in [0.25, 0.3) is 0 Å². The molecule has 0 aromatic rings. The number of hydrogen-bond acceptors (Lipinski definition) is 0. The first-order valence-corrected chi connectivity index (χ1v) is 3.80. The van der Waals surface area contributed by atoms with E-state index in [9.17, 15) is 0 Å². The standard InChI is InChI=1S/C7H7Br/c8-7-5-1-2-6(7)4-3-5/h1-7H. The molecule has 0 amide bonds. The zero-order valence-corrected chi connectivity index (χ0v) is 6.01. The van der Waals surface area contributed by atoms with Gasteiger partial charge in [0.1, 0.15) is 0 Å². The predicted octanol–water partition coefficient (Wildman–Crippen LogP) is 2.12. The summed E-state index contributed by atoms with van der Waals surface area (Å²) in [5, 5.41) is 0. The Morgan fingerprint density at radius 2 is 1.25 bits per heavy atom. The minimum Gasteiger partial charge on any atom is -0.0871 e. The monoisotopic (exact) mass is 170 g/mol. The Kier molecular flexibility index (Phi) is 0.884. The van der Waals surface area contributed by atoms with Crippen LogP contribution in [0, 0.1) is 11.8 Å². The lowest BCUT2D eigenvalue weighted by Crippen LogP contribution is -2.04. The van der Waals surface area contributed by atoms with E-state index in [4.69, 9.17) is 0 Å². The average molecular weight is 171 g/mol. The molecule has 0 unspecified atom stereocenters. The molecule has 0 aromatic heterocycles. The van der Waals surface area contributed by atoms with Crippen LogP contribution >= 0.6 is 15.9 Å². The van der Waals surface area contributed by atoms with Crippen LogP contribution in [0.1, 0.15) is 0 Å². The van der Waals surface area contributed by atoms with Crippen molar-refractivity contribution in [2.24, 2.45) is 11.8 Å². The molecule has 0 aromatic carbocycles. The average Bonchev–Trinajstić information content (AvgIpc) is 2.29. The van der Waals surface area contributed by atoms with Crippen LogP contribution in [0.15, 0.2) is 24.3 Å². The molecule has 0 radical (unpaired) electrons. The summed E-state index contributed by atoms with van der Waals surface area (Å²) in [4.78, 5) is 0.683. The molecule has 42 valence electrons. The van der Waals surface area contributed by atoms with Gasteiger partial charge in [-0.05, 0) is 0 Å². The lowest BCUT2D eigenvalue weighted by atomic mass is 10.2. The second-order valence-corrected chi connectivity index (χ2v) is 3.43. The Labute approximate surface area is 57.4 Å². The third-order valence-corrected chi connectivity index (χ3v) is 3.07. The molecule has 2 aliphatic carbocycles. The van der Waals surface area contributed by atoms with Crippen molar-refractivity contribution < 1.29 is 0 Å². The number of halogens is 1. The van der Waals surface area contributed by atoms with Gasteiger partial charge in [-0.1, -0.05) is 40.2 Å². The minimum atomic E-state index is 0.683. The second kappa shape index (κ2) is 1.47. The molecule has 0 saturated heterocycles. The van der Waals surface area contributed by atoms with Gasteiger partial charge in [-0.3, -0.25) is 0 Å². The lowest BCUT2D eigenvalue weighted by Gasteiger charge is -2.03. The highest BCUT2D eigenvalue weighted by molar-refractivity contribution is 9.09. The maximum Gasteiger partial charge on any atom is 0.0340 e. The van der Waals surface area contributed by atoms with Gasteiger partial charge in [0.15, 0.2) is 0 Å². The van der Waals surface area contributed by atoms with E-state index in [2.05, 4.69) is 40.2 Å². The number of allylic oxidation sites excluding steroid dienone is 4. The smallest absolute Gasteiger partial charge is 0.0340 e. The molecule has 0 saturated carbocycles. The quantitative estimate of drug-likeness (QED) is 0.386. The van der Waals surface area contributed by atoms with E-state index >= 15 is 0 Å². The normalized spacial score (nSPS) is 48.9. The van der Waals surface area contributed by atoms with Gasteiger partial charge in [0, 0.05) is 16.7 Å². The molecule has 8 heavy (non-hydrogen) atoms. The molecule has 0 atom stereocenters. The highest BCUT2D eigenvalue weighted by Crippen LogP contribution is 2.37. The summed E-state index contributed by atoms with van der Waals surface area (Å²) < 4.78 is 0. The highest BCUT2D eigenvalue weighted by atomic mass is 79.9. The Bertz CT molecular complexity index is 128. The van der Waals surface area contributed by atoms with E-state index in [1.165, 1.54) is 0 Å². The summed E-state index contributed by atoms with van der Waals surface area (Å²) in [6.45, 7) is 0. The zero-order valence-electron chi connectivity index (χ0n) is 4.42. The topological polar surface area (TPSA) is 0 Å². The molecule has 0 spiro atoms. The van der Waals surface area contributed by atoms with Crippen molar-refractivity contribution in [2.45, 2.75) is 4.83 Å². The van der Waals surface area contributed by atoms with Gasteiger partial charge in [0.2, 0.25) is 0 Å². The first-order valence-electron chi connectivity index (χ1n) is 2.88. The second-order valence-electron chi connectivity index (χ2n) is 2.37. The Hall–Kier alpha value is -0.0400. The van der Waals surface area contributed by atoms with Crippen molar-refractivity contribution in [1.29, 1.82) is 0 Å². The Morgan fingerprint density at radius 1 is 0.875 bits per heavy atom. The van der Waals surface area contributed by atoms with Gasteiger partial charge in [-0.15, -0.1) is 0 Å². The first kappa shape index (κ1) is 4.80. The van der Waals surface area contributed by atoms with Crippen LogP contribution in [0.3, 0.4) is 0 Å². The molecule has 2 bridgehead atoms. The van der Waals surface area contributed by atoms with E-state index in [1.807, 2.05) is 0 Å². The third-order valence-electron chi connectivity index (χ3n) is 1.85. The number of hydrogen-bond donors (Lipinski definition) is 0. The van der Waals surface area contributed by atoms with Crippen LogP contribution in [0.5, 0.6) is 0 Å². The maximum atomic E-state index is 3.61. The number of alkyl halides is 1. The van der Waals surface area contributed by atoms with E-state index in [0.29, 0.717) is 16.7 Å². The van der Waals surface area contributed by atoms with Crippen LogP contribution in [-0.4, -0.2) is 4.83 Å². The molecule has 0 aliphatic heterocycles.